The molecule has 1 rings (SSSR count). The van der Waals surface area contributed by atoms with Crippen molar-refractivity contribution < 1.29 is 19.4 Å². The van der Waals surface area contributed by atoms with E-state index in [2.05, 4.69) is 0 Å². The fraction of sp³-hybridized carbons (Fsp3) is 0.429. The molecular weight excluding hydrogens is 282 g/mol. The van der Waals surface area contributed by atoms with E-state index in [1.165, 1.54) is 25.0 Å². The molecule has 1 N–H and O–H groups in total. The van der Waals surface area contributed by atoms with E-state index in [1.54, 1.807) is 12.1 Å². The van der Waals surface area contributed by atoms with Crippen molar-refractivity contribution in [3.8, 4) is 5.75 Å². The van der Waals surface area contributed by atoms with E-state index in [1.807, 2.05) is 6.92 Å². The second-order valence-electron chi connectivity index (χ2n) is 4.35. The number of hydrogen-bond acceptors (Lipinski definition) is 3. The van der Waals surface area contributed by atoms with Crippen molar-refractivity contribution in [1.82, 2.24) is 4.90 Å². The Kier molecular flexibility index (Phi) is 5.82. The maximum atomic E-state index is 11.7. The summed E-state index contributed by atoms with van der Waals surface area (Å²) in [6.45, 7) is 3.61. The fourth-order valence-electron chi connectivity index (χ4n) is 2.02. The Bertz CT molecular complexity index is 504. The highest BCUT2D eigenvalue weighted by Gasteiger charge is 2.29. The average Bonchev–Trinajstić information content (AvgIpc) is 2.37. The zero-order valence-corrected chi connectivity index (χ0v) is 12.5. The lowest BCUT2D eigenvalue weighted by atomic mass is 10.0. The van der Waals surface area contributed by atoms with Crippen molar-refractivity contribution in [2.24, 2.45) is 0 Å². The van der Waals surface area contributed by atoms with Gasteiger partial charge in [0.05, 0.1) is 12.1 Å². The van der Waals surface area contributed by atoms with Gasteiger partial charge in [-0.25, -0.2) is 4.79 Å². The van der Waals surface area contributed by atoms with E-state index < -0.39 is 12.0 Å². The summed E-state index contributed by atoms with van der Waals surface area (Å²) in [4.78, 5) is 24.5. The summed E-state index contributed by atoms with van der Waals surface area (Å²) in [7, 11) is 1.48. The quantitative estimate of drug-likeness (QED) is 0.877. The zero-order valence-electron chi connectivity index (χ0n) is 11.7. The normalized spacial score (nSPS) is 11.8. The smallest absolute Gasteiger partial charge is 0.331 e. The van der Waals surface area contributed by atoms with Crippen LogP contribution < -0.4 is 4.74 Å². The standard InChI is InChI=1S/C14H18ClNO4/c1-4-7-16(9(2)17)13(14(18)19)10-5-6-12(20-3)11(15)8-10/h5-6,8,13H,4,7H2,1-3H3,(H,18,19). The highest BCUT2D eigenvalue weighted by molar-refractivity contribution is 6.32. The lowest BCUT2D eigenvalue weighted by molar-refractivity contribution is -0.149. The number of methoxy groups -OCH3 is 1. The molecule has 0 aliphatic heterocycles. The van der Waals surface area contributed by atoms with Gasteiger partial charge >= 0.3 is 5.97 Å². The van der Waals surface area contributed by atoms with Crippen LogP contribution in [0.4, 0.5) is 0 Å². The highest BCUT2D eigenvalue weighted by Crippen LogP contribution is 2.30. The van der Waals surface area contributed by atoms with Crippen LogP contribution in [0.2, 0.25) is 5.02 Å². The second-order valence-corrected chi connectivity index (χ2v) is 4.75. The predicted molar refractivity (Wildman–Crippen MR) is 76.1 cm³/mol. The van der Waals surface area contributed by atoms with Crippen LogP contribution in [-0.4, -0.2) is 35.5 Å². The van der Waals surface area contributed by atoms with E-state index in [9.17, 15) is 14.7 Å². The number of carbonyl (C=O) groups is 2. The summed E-state index contributed by atoms with van der Waals surface area (Å²) < 4.78 is 5.04. The molecule has 0 spiro atoms. The van der Waals surface area contributed by atoms with Crippen LogP contribution in [0, 0.1) is 0 Å². The van der Waals surface area contributed by atoms with Crippen molar-refractivity contribution in [2.75, 3.05) is 13.7 Å². The lowest BCUT2D eigenvalue weighted by Crippen LogP contribution is -2.38. The van der Waals surface area contributed by atoms with Crippen molar-refractivity contribution in [3.63, 3.8) is 0 Å². The molecule has 0 aliphatic rings. The van der Waals surface area contributed by atoms with Crippen LogP contribution in [0.1, 0.15) is 31.9 Å². The third kappa shape index (κ3) is 3.63. The number of halogens is 1. The third-order valence-electron chi connectivity index (χ3n) is 2.91. The molecule has 0 radical (unpaired) electrons. The number of carboxylic acids is 1. The van der Waals surface area contributed by atoms with Gasteiger partial charge in [-0.05, 0) is 24.1 Å². The van der Waals surface area contributed by atoms with E-state index in [4.69, 9.17) is 16.3 Å². The van der Waals surface area contributed by atoms with Gasteiger partial charge in [0.15, 0.2) is 6.04 Å². The number of carboxylic acid groups (broad SMARTS) is 1. The number of benzene rings is 1. The van der Waals surface area contributed by atoms with Crippen molar-refractivity contribution in [3.05, 3.63) is 28.8 Å². The number of amides is 1. The van der Waals surface area contributed by atoms with Gasteiger partial charge in [0.25, 0.3) is 0 Å². The molecule has 110 valence electrons. The van der Waals surface area contributed by atoms with Gasteiger partial charge < -0.3 is 14.7 Å². The largest absolute Gasteiger partial charge is 0.495 e. The Morgan fingerprint density at radius 3 is 2.50 bits per heavy atom. The van der Waals surface area contributed by atoms with Crippen LogP contribution >= 0.6 is 11.6 Å². The van der Waals surface area contributed by atoms with Gasteiger partial charge in [0.1, 0.15) is 5.75 Å². The summed E-state index contributed by atoms with van der Waals surface area (Å²) in [5.74, 6) is -0.912. The van der Waals surface area contributed by atoms with Crippen LogP contribution in [0.25, 0.3) is 0 Å². The molecule has 0 saturated heterocycles. The van der Waals surface area contributed by atoms with E-state index >= 15 is 0 Å². The van der Waals surface area contributed by atoms with Crippen molar-refractivity contribution >= 4 is 23.5 Å². The summed E-state index contributed by atoms with van der Waals surface area (Å²) >= 11 is 6.02. The molecular formula is C14H18ClNO4. The monoisotopic (exact) mass is 299 g/mol. The van der Waals surface area contributed by atoms with Gasteiger partial charge in [-0.15, -0.1) is 0 Å². The first-order chi connectivity index (χ1) is 9.42. The number of aliphatic carboxylic acids is 1. The molecule has 0 bridgehead atoms. The molecule has 1 unspecified atom stereocenters. The number of nitrogens with zero attached hydrogens (tertiary/aromatic N) is 1. The Morgan fingerprint density at radius 1 is 1.45 bits per heavy atom. The molecule has 0 aliphatic carbocycles. The number of ether oxygens (including phenoxy) is 1. The van der Waals surface area contributed by atoms with Crippen molar-refractivity contribution in [1.29, 1.82) is 0 Å². The number of carbonyl (C=O) groups excluding carboxylic acids is 1. The molecule has 0 aromatic heterocycles. The van der Waals surface area contributed by atoms with Crippen LogP contribution in [0.3, 0.4) is 0 Å². The predicted octanol–water partition coefficient (Wildman–Crippen LogP) is 2.73. The van der Waals surface area contributed by atoms with Crippen LogP contribution in [0.15, 0.2) is 18.2 Å². The Balaban J connectivity index is 3.22. The Labute approximate surface area is 123 Å². The van der Waals surface area contributed by atoms with Crippen LogP contribution in [0.5, 0.6) is 5.75 Å². The van der Waals surface area contributed by atoms with E-state index in [-0.39, 0.29) is 5.91 Å². The maximum Gasteiger partial charge on any atom is 0.331 e. The summed E-state index contributed by atoms with van der Waals surface area (Å²) in [5, 5.41) is 9.74. The third-order valence-corrected chi connectivity index (χ3v) is 3.20. The molecule has 0 heterocycles. The lowest BCUT2D eigenvalue weighted by Gasteiger charge is -2.28. The SMILES string of the molecule is CCCN(C(C)=O)C(C(=O)O)c1ccc(OC)c(Cl)c1. The highest BCUT2D eigenvalue weighted by atomic mass is 35.5. The van der Waals surface area contributed by atoms with Crippen LogP contribution in [-0.2, 0) is 9.59 Å². The Morgan fingerprint density at radius 2 is 2.10 bits per heavy atom. The minimum Gasteiger partial charge on any atom is -0.495 e. The maximum absolute atomic E-state index is 11.7. The molecule has 1 amide bonds. The molecule has 0 saturated carbocycles. The summed E-state index contributed by atoms with van der Waals surface area (Å²) in [6, 6.07) is 3.67. The molecule has 1 atom stereocenters. The molecule has 0 fully saturated rings. The molecule has 20 heavy (non-hydrogen) atoms. The fourth-order valence-corrected chi connectivity index (χ4v) is 2.28. The zero-order chi connectivity index (χ0) is 15.3. The second kappa shape index (κ2) is 7.14. The summed E-state index contributed by atoms with van der Waals surface area (Å²) in [5.41, 5.74) is 0.451. The molecule has 1 aromatic rings. The first-order valence-corrected chi connectivity index (χ1v) is 6.63. The first-order valence-electron chi connectivity index (χ1n) is 6.25. The molecule has 1 aromatic carbocycles. The van der Waals surface area contributed by atoms with Gasteiger partial charge in [-0.2, -0.15) is 0 Å². The van der Waals surface area contributed by atoms with Gasteiger partial charge in [-0.3, -0.25) is 4.79 Å². The minimum atomic E-state index is -1.09. The van der Waals surface area contributed by atoms with Crippen molar-refractivity contribution in [2.45, 2.75) is 26.3 Å². The molecule has 5 nitrogen and oxygen atoms in total. The van der Waals surface area contributed by atoms with E-state index in [0.29, 0.717) is 29.3 Å². The summed E-state index contributed by atoms with van der Waals surface area (Å²) in [6.07, 6.45) is 0.674. The van der Waals surface area contributed by atoms with Gasteiger partial charge in [-0.1, -0.05) is 24.6 Å². The molecule has 6 heteroatoms. The average molecular weight is 300 g/mol. The number of hydrogen-bond donors (Lipinski definition) is 1. The van der Waals surface area contributed by atoms with Gasteiger partial charge in [0.2, 0.25) is 5.91 Å². The number of rotatable bonds is 6. The first kappa shape index (κ1) is 16.3. The van der Waals surface area contributed by atoms with Gasteiger partial charge in [0, 0.05) is 13.5 Å². The minimum absolute atomic E-state index is 0.286. The Hall–Kier alpha value is -1.75. The van der Waals surface area contributed by atoms with E-state index in [0.717, 1.165) is 0 Å². The topological polar surface area (TPSA) is 66.8 Å².